The highest BCUT2D eigenvalue weighted by Gasteiger charge is 2.34. The lowest BCUT2D eigenvalue weighted by molar-refractivity contribution is -0.139. The second kappa shape index (κ2) is 7.00. The minimum absolute atomic E-state index is 0.00549. The van der Waals surface area contributed by atoms with Crippen molar-refractivity contribution in [1.29, 1.82) is 0 Å². The van der Waals surface area contributed by atoms with E-state index in [2.05, 4.69) is 10.6 Å². The summed E-state index contributed by atoms with van der Waals surface area (Å²) in [6.45, 7) is 3.67. The van der Waals surface area contributed by atoms with Gasteiger partial charge in [-0.25, -0.2) is 0 Å². The lowest BCUT2D eigenvalue weighted by Gasteiger charge is -2.31. The summed E-state index contributed by atoms with van der Waals surface area (Å²) in [6.07, 6.45) is -4.45. The Balaban J connectivity index is 1.78. The van der Waals surface area contributed by atoms with Crippen LogP contribution in [-0.4, -0.2) is 32.1 Å². The summed E-state index contributed by atoms with van der Waals surface area (Å²) < 4.78 is 43.5. The summed E-state index contributed by atoms with van der Waals surface area (Å²) in [6, 6.07) is 5.04. The molecule has 4 nitrogen and oxygen atoms in total. The van der Waals surface area contributed by atoms with Crippen molar-refractivity contribution in [2.45, 2.75) is 13.1 Å². The highest BCUT2D eigenvalue weighted by molar-refractivity contribution is 5.78. The number of alkyl halides is 3. The normalized spacial score (nSPS) is 16.7. The first-order valence-corrected chi connectivity index (χ1v) is 7.17. The molecule has 0 bridgehead atoms. The van der Waals surface area contributed by atoms with Gasteiger partial charge in [0, 0.05) is 5.92 Å². The second-order valence-electron chi connectivity index (χ2n) is 5.34. The summed E-state index contributed by atoms with van der Waals surface area (Å²) in [5, 5.41) is 5.78. The van der Waals surface area contributed by atoms with E-state index >= 15 is 0 Å². The third kappa shape index (κ3) is 4.13. The molecule has 1 fully saturated rings. The van der Waals surface area contributed by atoms with Gasteiger partial charge in [0.2, 0.25) is 5.91 Å². The smallest absolute Gasteiger partial charge is 0.419 e. The molecule has 0 spiro atoms. The third-order valence-electron chi connectivity index (χ3n) is 3.79. The van der Waals surface area contributed by atoms with Crippen molar-refractivity contribution in [2.24, 2.45) is 11.8 Å². The molecule has 1 aliphatic heterocycles. The van der Waals surface area contributed by atoms with Gasteiger partial charge in [-0.1, -0.05) is 19.1 Å². The quantitative estimate of drug-likeness (QED) is 0.790. The monoisotopic (exact) mass is 316 g/mol. The minimum Gasteiger partial charge on any atom is -0.491 e. The molecule has 1 aromatic rings. The molecule has 22 heavy (non-hydrogen) atoms. The average molecular weight is 316 g/mol. The van der Waals surface area contributed by atoms with Crippen LogP contribution in [0.3, 0.4) is 0 Å². The topological polar surface area (TPSA) is 50.4 Å². The van der Waals surface area contributed by atoms with Crippen molar-refractivity contribution in [2.75, 3.05) is 26.2 Å². The van der Waals surface area contributed by atoms with Crippen LogP contribution < -0.4 is 15.4 Å². The first-order valence-electron chi connectivity index (χ1n) is 7.17. The van der Waals surface area contributed by atoms with Crippen molar-refractivity contribution in [3.8, 4) is 5.75 Å². The van der Waals surface area contributed by atoms with Crippen LogP contribution in [0.1, 0.15) is 12.5 Å². The van der Waals surface area contributed by atoms with Gasteiger partial charge in [0.15, 0.2) is 0 Å². The van der Waals surface area contributed by atoms with Gasteiger partial charge in [-0.15, -0.1) is 0 Å². The Morgan fingerprint density at radius 2 is 2.09 bits per heavy atom. The number of rotatable bonds is 6. The van der Waals surface area contributed by atoms with Gasteiger partial charge in [-0.05, 0) is 31.1 Å². The fraction of sp³-hybridized carbons (Fsp3) is 0.533. The summed E-state index contributed by atoms with van der Waals surface area (Å²) >= 11 is 0. The van der Waals surface area contributed by atoms with Gasteiger partial charge in [0.25, 0.3) is 0 Å². The molecule has 7 heteroatoms. The van der Waals surface area contributed by atoms with Crippen LogP contribution in [0.4, 0.5) is 13.2 Å². The standard InChI is InChI=1S/C15H19F3N2O2/c1-10(11-8-19-9-11)14(21)20-6-7-22-13-5-3-2-4-12(13)15(16,17)18/h2-5,10-11,19H,6-9H2,1H3,(H,20,21). The predicted octanol–water partition coefficient (Wildman–Crippen LogP) is 2.06. The summed E-state index contributed by atoms with van der Waals surface area (Å²) in [5.74, 6) is -0.102. The Morgan fingerprint density at radius 1 is 1.41 bits per heavy atom. The van der Waals surface area contributed by atoms with Crippen LogP contribution in [0.15, 0.2) is 24.3 Å². The molecule has 122 valence electrons. The Labute approximate surface area is 127 Å². The molecular weight excluding hydrogens is 297 g/mol. The second-order valence-corrected chi connectivity index (χ2v) is 5.34. The van der Waals surface area contributed by atoms with E-state index < -0.39 is 11.7 Å². The van der Waals surface area contributed by atoms with Gasteiger partial charge in [-0.2, -0.15) is 13.2 Å². The van der Waals surface area contributed by atoms with Crippen molar-refractivity contribution in [3.63, 3.8) is 0 Å². The van der Waals surface area contributed by atoms with E-state index in [0.29, 0.717) is 5.92 Å². The minimum atomic E-state index is -4.45. The molecule has 0 radical (unpaired) electrons. The zero-order valence-corrected chi connectivity index (χ0v) is 12.2. The van der Waals surface area contributed by atoms with E-state index in [1.807, 2.05) is 6.92 Å². The fourth-order valence-electron chi connectivity index (χ4n) is 2.20. The van der Waals surface area contributed by atoms with Crippen molar-refractivity contribution >= 4 is 5.91 Å². The van der Waals surface area contributed by atoms with Crippen LogP contribution in [0.5, 0.6) is 5.75 Å². The summed E-state index contributed by atoms with van der Waals surface area (Å²) in [7, 11) is 0. The lowest BCUT2D eigenvalue weighted by atomic mass is 9.88. The number of para-hydroxylation sites is 1. The zero-order valence-electron chi connectivity index (χ0n) is 12.2. The van der Waals surface area contributed by atoms with E-state index in [1.165, 1.54) is 18.2 Å². The van der Waals surface area contributed by atoms with Gasteiger partial charge >= 0.3 is 6.18 Å². The number of nitrogens with one attached hydrogen (secondary N) is 2. The Bertz CT molecular complexity index is 516. The highest BCUT2D eigenvalue weighted by Crippen LogP contribution is 2.35. The number of hydrogen-bond acceptors (Lipinski definition) is 3. The maximum absolute atomic E-state index is 12.8. The van der Waals surface area contributed by atoms with Gasteiger partial charge in [-0.3, -0.25) is 4.79 Å². The number of carbonyl (C=O) groups is 1. The van der Waals surface area contributed by atoms with Crippen LogP contribution >= 0.6 is 0 Å². The van der Waals surface area contributed by atoms with Crippen LogP contribution in [0.2, 0.25) is 0 Å². The number of halogens is 3. The van der Waals surface area contributed by atoms with Crippen LogP contribution in [0.25, 0.3) is 0 Å². The number of amides is 1. The van der Waals surface area contributed by atoms with E-state index in [0.717, 1.165) is 19.2 Å². The third-order valence-corrected chi connectivity index (χ3v) is 3.79. The molecule has 1 aliphatic rings. The molecule has 1 aromatic carbocycles. The summed E-state index contributed by atoms with van der Waals surface area (Å²) in [4.78, 5) is 11.8. The van der Waals surface area contributed by atoms with Gasteiger partial charge < -0.3 is 15.4 Å². The number of hydrogen-bond donors (Lipinski definition) is 2. The van der Waals surface area contributed by atoms with E-state index in [1.54, 1.807) is 0 Å². The number of benzene rings is 1. The maximum atomic E-state index is 12.8. The van der Waals surface area contributed by atoms with E-state index in [9.17, 15) is 18.0 Å². The fourth-order valence-corrected chi connectivity index (χ4v) is 2.20. The molecule has 2 rings (SSSR count). The van der Waals surface area contributed by atoms with Crippen molar-refractivity contribution < 1.29 is 22.7 Å². The molecule has 1 atom stereocenters. The molecule has 1 unspecified atom stereocenters. The van der Waals surface area contributed by atoms with Gasteiger partial charge in [0.1, 0.15) is 12.4 Å². The van der Waals surface area contributed by atoms with Crippen molar-refractivity contribution in [3.05, 3.63) is 29.8 Å². The Kier molecular flexibility index (Phi) is 5.28. The Morgan fingerprint density at radius 3 is 2.68 bits per heavy atom. The molecule has 0 aromatic heterocycles. The molecule has 1 amide bonds. The highest BCUT2D eigenvalue weighted by atomic mass is 19.4. The van der Waals surface area contributed by atoms with Crippen molar-refractivity contribution in [1.82, 2.24) is 10.6 Å². The van der Waals surface area contributed by atoms with Gasteiger partial charge in [0.05, 0.1) is 12.1 Å². The zero-order chi connectivity index (χ0) is 16.2. The lowest BCUT2D eigenvalue weighted by Crippen LogP contribution is -2.50. The maximum Gasteiger partial charge on any atom is 0.419 e. The molecule has 1 saturated heterocycles. The van der Waals surface area contributed by atoms with Crippen LogP contribution in [0, 0.1) is 11.8 Å². The SMILES string of the molecule is CC(C(=O)NCCOc1ccccc1C(F)(F)F)C1CNC1. The number of ether oxygens (including phenoxy) is 1. The molecule has 0 aliphatic carbocycles. The molecule has 1 heterocycles. The summed E-state index contributed by atoms with van der Waals surface area (Å²) in [5.41, 5.74) is -0.810. The first-order chi connectivity index (χ1) is 10.4. The van der Waals surface area contributed by atoms with E-state index in [-0.39, 0.29) is 30.7 Å². The average Bonchev–Trinajstić information content (AvgIpc) is 2.40. The molecule has 2 N–H and O–H groups in total. The largest absolute Gasteiger partial charge is 0.491 e. The Hall–Kier alpha value is -1.76. The van der Waals surface area contributed by atoms with Crippen LogP contribution in [-0.2, 0) is 11.0 Å². The predicted molar refractivity (Wildman–Crippen MR) is 75.5 cm³/mol. The molecule has 0 saturated carbocycles. The number of carbonyl (C=O) groups excluding carboxylic acids is 1. The first kappa shape index (κ1) is 16.6. The van der Waals surface area contributed by atoms with E-state index in [4.69, 9.17) is 4.74 Å². The molecular formula is C15H19F3N2O2.